The smallest absolute Gasteiger partial charge is 0.228 e. The second-order valence-electron chi connectivity index (χ2n) is 4.83. The van der Waals surface area contributed by atoms with Crippen LogP contribution in [0.1, 0.15) is 18.4 Å². The van der Waals surface area contributed by atoms with E-state index in [1.165, 1.54) is 0 Å². The number of carbonyl (C=O) groups is 2. The summed E-state index contributed by atoms with van der Waals surface area (Å²) in [4.78, 5) is 23.2. The Balaban J connectivity index is 2.10. The van der Waals surface area contributed by atoms with Gasteiger partial charge in [-0.05, 0) is 37.5 Å². The number of benzene rings is 1. The summed E-state index contributed by atoms with van der Waals surface area (Å²) in [5.41, 5.74) is 1.73. The molecule has 1 amide bonds. The van der Waals surface area contributed by atoms with E-state index in [9.17, 15) is 14.7 Å². The van der Waals surface area contributed by atoms with Crippen molar-refractivity contribution in [3.05, 3.63) is 42.0 Å². The van der Waals surface area contributed by atoms with Gasteiger partial charge >= 0.3 is 0 Å². The number of carbonyl (C=O) groups excluding carboxylic acids is 2. The molecule has 2 atom stereocenters. The lowest BCUT2D eigenvalue weighted by atomic mass is 9.82. The monoisotopic (exact) mass is 258 g/mol. The fraction of sp³-hybridized carbons (Fsp3) is 0.333. The van der Waals surface area contributed by atoms with Crippen LogP contribution in [0.15, 0.2) is 36.4 Å². The van der Waals surface area contributed by atoms with Gasteiger partial charge in [-0.1, -0.05) is 24.3 Å². The van der Waals surface area contributed by atoms with E-state index < -0.39 is 17.8 Å². The summed E-state index contributed by atoms with van der Waals surface area (Å²) >= 11 is 0. The molecule has 0 spiro atoms. The fourth-order valence-electron chi connectivity index (χ4n) is 2.32. The number of allylic oxidation sites excluding steroid dienone is 2. The highest BCUT2D eigenvalue weighted by Crippen LogP contribution is 2.26. The molecule has 1 aromatic rings. The largest absolute Gasteiger partial charge is 0.550 e. The molecule has 4 nitrogen and oxygen atoms in total. The molecule has 100 valence electrons. The quantitative estimate of drug-likeness (QED) is 0.830. The zero-order valence-corrected chi connectivity index (χ0v) is 10.8. The van der Waals surface area contributed by atoms with Crippen molar-refractivity contribution in [2.75, 3.05) is 5.32 Å². The van der Waals surface area contributed by atoms with Gasteiger partial charge in [-0.15, -0.1) is 0 Å². The molecular formula is C15H16NO3-. The van der Waals surface area contributed by atoms with E-state index in [2.05, 4.69) is 5.32 Å². The van der Waals surface area contributed by atoms with Crippen molar-refractivity contribution in [2.45, 2.75) is 19.8 Å². The zero-order chi connectivity index (χ0) is 13.8. The average Bonchev–Trinajstić information content (AvgIpc) is 2.38. The molecule has 0 aliphatic heterocycles. The third-order valence-electron chi connectivity index (χ3n) is 3.36. The fourth-order valence-corrected chi connectivity index (χ4v) is 2.32. The van der Waals surface area contributed by atoms with Crippen LogP contribution >= 0.6 is 0 Å². The molecule has 0 radical (unpaired) electrons. The Morgan fingerprint density at radius 3 is 2.53 bits per heavy atom. The summed E-state index contributed by atoms with van der Waals surface area (Å²) in [6.45, 7) is 1.93. The molecule has 0 aromatic heterocycles. The molecule has 2 rings (SSSR count). The molecule has 19 heavy (non-hydrogen) atoms. The van der Waals surface area contributed by atoms with Crippen molar-refractivity contribution in [3.63, 3.8) is 0 Å². The maximum Gasteiger partial charge on any atom is 0.228 e. The van der Waals surface area contributed by atoms with Crippen molar-refractivity contribution in [1.29, 1.82) is 0 Å². The number of nitrogens with one attached hydrogen (secondary N) is 1. The van der Waals surface area contributed by atoms with E-state index in [1.807, 2.05) is 31.2 Å². The van der Waals surface area contributed by atoms with Crippen molar-refractivity contribution in [3.8, 4) is 0 Å². The number of aliphatic carboxylic acids is 1. The van der Waals surface area contributed by atoms with Crippen LogP contribution in [-0.2, 0) is 9.59 Å². The van der Waals surface area contributed by atoms with Crippen LogP contribution in [0.25, 0.3) is 0 Å². The number of rotatable bonds is 3. The van der Waals surface area contributed by atoms with E-state index in [-0.39, 0.29) is 5.91 Å². The van der Waals surface area contributed by atoms with E-state index in [4.69, 9.17) is 0 Å². The summed E-state index contributed by atoms with van der Waals surface area (Å²) in [5.74, 6) is -2.72. The van der Waals surface area contributed by atoms with E-state index in [0.29, 0.717) is 18.5 Å². The van der Waals surface area contributed by atoms with Crippen LogP contribution in [-0.4, -0.2) is 11.9 Å². The number of aryl methyl sites for hydroxylation is 1. The molecule has 0 heterocycles. The molecule has 1 aliphatic carbocycles. The Kier molecular flexibility index (Phi) is 4.00. The first-order valence-corrected chi connectivity index (χ1v) is 6.31. The Morgan fingerprint density at radius 2 is 1.89 bits per heavy atom. The van der Waals surface area contributed by atoms with Crippen LogP contribution in [0.3, 0.4) is 0 Å². The summed E-state index contributed by atoms with van der Waals surface area (Å²) in [6.07, 6.45) is 4.43. The van der Waals surface area contributed by atoms with E-state index >= 15 is 0 Å². The van der Waals surface area contributed by atoms with E-state index in [0.717, 1.165) is 5.56 Å². The Hall–Kier alpha value is -2.10. The highest BCUT2D eigenvalue weighted by molar-refractivity contribution is 5.95. The van der Waals surface area contributed by atoms with Crippen LogP contribution in [0.5, 0.6) is 0 Å². The topological polar surface area (TPSA) is 69.2 Å². The van der Waals surface area contributed by atoms with Gasteiger partial charge in [0.2, 0.25) is 5.91 Å². The maximum atomic E-state index is 12.2. The van der Waals surface area contributed by atoms with Crippen molar-refractivity contribution in [1.82, 2.24) is 0 Å². The second kappa shape index (κ2) is 5.69. The second-order valence-corrected chi connectivity index (χ2v) is 4.83. The molecule has 0 saturated heterocycles. The van der Waals surface area contributed by atoms with Gasteiger partial charge < -0.3 is 15.2 Å². The highest BCUT2D eigenvalue weighted by Gasteiger charge is 2.29. The van der Waals surface area contributed by atoms with Gasteiger partial charge in [-0.2, -0.15) is 0 Å². The Labute approximate surface area is 112 Å². The molecule has 1 N–H and O–H groups in total. The summed E-state index contributed by atoms with van der Waals surface area (Å²) in [7, 11) is 0. The van der Waals surface area contributed by atoms with Gasteiger partial charge in [0.05, 0.1) is 5.92 Å². The van der Waals surface area contributed by atoms with Gasteiger partial charge in [0.25, 0.3) is 0 Å². The van der Waals surface area contributed by atoms with E-state index in [1.54, 1.807) is 12.1 Å². The molecular weight excluding hydrogens is 242 g/mol. The van der Waals surface area contributed by atoms with Crippen LogP contribution in [0, 0.1) is 18.8 Å². The Bertz CT molecular complexity index is 522. The Morgan fingerprint density at radius 1 is 1.21 bits per heavy atom. The lowest BCUT2D eigenvalue weighted by Gasteiger charge is -2.28. The van der Waals surface area contributed by atoms with Crippen LogP contribution in [0.4, 0.5) is 5.69 Å². The van der Waals surface area contributed by atoms with Crippen molar-refractivity contribution >= 4 is 17.6 Å². The molecule has 1 aromatic carbocycles. The first-order valence-electron chi connectivity index (χ1n) is 6.31. The molecule has 0 saturated carbocycles. The summed E-state index contributed by atoms with van der Waals surface area (Å²) < 4.78 is 0. The summed E-state index contributed by atoms with van der Waals surface area (Å²) in [5, 5.41) is 13.8. The molecule has 0 unspecified atom stereocenters. The predicted molar refractivity (Wildman–Crippen MR) is 70.2 cm³/mol. The van der Waals surface area contributed by atoms with Crippen LogP contribution < -0.4 is 10.4 Å². The van der Waals surface area contributed by atoms with Gasteiger partial charge in [-0.25, -0.2) is 0 Å². The molecule has 4 heteroatoms. The molecule has 0 fully saturated rings. The third kappa shape index (κ3) is 3.22. The molecule has 0 bridgehead atoms. The lowest BCUT2D eigenvalue weighted by Crippen LogP contribution is -2.41. The minimum Gasteiger partial charge on any atom is -0.550 e. The first kappa shape index (κ1) is 13.3. The van der Waals surface area contributed by atoms with Gasteiger partial charge in [0.1, 0.15) is 0 Å². The predicted octanol–water partition coefficient (Wildman–Crippen LogP) is 1.27. The number of hydrogen-bond acceptors (Lipinski definition) is 3. The first-order chi connectivity index (χ1) is 9.08. The zero-order valence-electron chi connectivity index (χ0n) is 10.8. The molecule has 1 aliphatic rings. The average molecular weight is 258 g/mol. The number of carboxylic acid groups (broad SMARTS) is 1. The van der Waals surface area contributed by atoms with Gasteiger partial charge in [0.15, 0.2) is 0 Å². The van der Waals surface area contributed by atoms with Gasteiger partial charge in [-0.3, -0.25) is 4.79 Å². The normalized spacial score (nSPS) is 21.9. The number of hydrogen-bond donors (Lipinski definition) is 1. The van der Waals surface area contributed by atoms with Crippen molar-refractivity contribution < 1.29 is 14.7 Å². The highest BCUT2D eigenvalue weighted by atomic mass is 16.4. The minimum absolute atomic E-state index is 0.260. The number of amides is 1. The number of anilines is 1. The lowest BCUT2D eigenvalue weighted by molar-refractivity contribution is -0.313. The van der Waals surface area contributed by atoms with Crippen LogP contribution in [0.2, 0.25) is 0 Å². The number of carboxylic acids is 1. The maximum absolute atomic E-state index is 12.2. The standard InChI is InChI=1S/C15H17NO3/c1-10-5-4-6-11(9-10)16-14(17)12-7-2-3-8-13(12)15(18)19/h2-6,9,12-13H,7-8H2,1H3,(H,16,17)(H,18,19)/p-1/t12-,13+/m1/s1. The van der Waals surface area contributed by atoms with Crippen molar-refractivity contribution in [2.24, 2.45) is 11.8 Å². The summed E-state index contributed by atoms with van der Waals surface area (Å²) in [6, 6.07) is 7.42. The minimum atomic E-state index is -1.16. The third-order valence-corrected chi connectivity index (χ3v) is 3.36. The SMILES string of the molecule is Cc1cccc(NC(=O)[C@@H]2CC=CC[C@@H]2C(=O)[O-])c1. The van der Waals surface area contributed by atoms with Gasteiger partial charge in [0, 0.05) is 17.6 Å².